The molecule has 0 fully saturated rings. The Morgan fingerprint density at radius 3 is 3.00 bits per heavy atom. The number of aryl methyl sites for hydroxylation is 1. The molecule has 0 aliphatic heterocycles. The average molecular weight is 169 g/mol. The highest BCUT2D eigenvalue weighted by Crippen LogP contribution is 2.11. The van der Waals surface area contributed by atoms with Crippen LogP contribution in [0.15, 0.2) is 12.3 Å². The fourth-order valence-electron chi connectivity index (χ4n) is 0.592. The van der Waals surface area contributed by atoms with E-state index in [9.17, 15) is 4.79 Å². The number of hydrogen-bond donors (Lipinski definition) is 1. The van der Waals surface area contributed by atoms with Crippen molar-refractivity contribution in [2.45, 2.75) is 6.92 Å². The van der Waals surface area contributed by atoms with Crippen LogP contribution in [0, 0.1) is 6.92 Å². The SMILES string of the molecule is Cc1cnc(/C=C/C(=O)O)s1. The Balaban J connectivity index is 2.71. The predicted molar refractivity (Wildman–Crippen MR) is 43.5 cm³/mol. The highest BCUT2D eigenvalue weighted by molar-refractivity contribution is 7.12. The summed E-state index contributed by atoms with van der Waals surface area (Å²) in [4.78, 5) is 15.1. The summed E-state index contributed by atoms with van der Waals surface area (Å²) in [5.74, 6) is -0.946. The summed E-state index contributed by atoms with van der Waals surface area (Å²) in [6, 6.07) is 0. The second kappa shape index (κ2) is 3.30. The number of aromatic nitrogens is 1. The van der Waals surface area contributed by atoms with E-state index in [1.807, 2.05) is 6.92 Å². The summed E-state index contributed by atoms with van der Waals surface area (Å²) in [6.45, 7) is 1.93. The van der Waals surface area contributed by atoms with Crippen LogP contribution in [0.5, 0.6) is 0 Å². The van der Waals surface area contributed by atoms with E-state index in [1.165, 1.54) is 17.4 Å². The Morgan fingerprint density at radius 1 is 1.82 bits per heavy atom. The van der Waals surface area contributed by atoms with Gasteiger partial charge < -0.3 is 5.11 Å². The number of carbonyl (C=O) groups is 1. The molecule has 0 unspecified atom stereocenters. The summed E-state index contributed by atoms with van der Waals surface area (Å²) >= 11 is 1.47. The third-order valence-corrected chi connectivity index (χ3v) is 1.89. The van der Waals surface area contributed by atoms with Crippen molar-refractivity contribution < 1.29 is 9.90 Å². The normalized spacial score (nSPS) is 10.6. The van der Waals surface area contributed by atoms with E-state index in [1.54, 1.807) is 6.20 Å². The van der Waals surface area contributed by atoms with Crippen LogP contribution in [-0.4, -0.2) is 16.1 Å². The van der Waals surface area contributed by atoms with Crippen molar-refractivity contribution in [1.82, 2.24) is 4.98 Å². The topological polar surface area (TPSA) is 50.2 Å². The molecule has 0 saturated carbocycles. The fraction of sp³-hybridized carbons (Fsp3) is 0.143. The minimum absolute atomic E-state index is 0.727. The van der Waals surface area contributed by atoms with E-state index < -0.39 is 5.97 Å². The first-order chi connectivity index (χ1) is 5.18. The minimum atomic E-state index is -0.946. The number of thiazole rings is 1. The molecule has 0 aliphatic carbocycles. The number of rotatable bonds is 2. The van der Waals surface area contributed by atoms with Crippen molar-refractivity contribution in [1.29, 1.82) is 0 Å². The molecule has 0 amide bonds. The van der Waals surface area contributed by atoms with Gasteiger partial charge in [0.25, 0.3) is 0 Å². The quantitative estimate of drug-likeness (QED) is 0.683. The summed E-state index contributed by atoms with van der Waals surface area (Å²) in [5.41, 5.74) is 0. The Kier molecular flexibility index (Phi) is 2.38. The van der Waals surface area contributed by atoms with Crippen LogP contribution in [0.3, 0.4) is 0 Å². The van der Waals surface area contributed by atoms with Gasteiger partial charge in [0.05, 0.1) is 0 Å². The summed E-state index contributed by atoms with van der Waals surface area (Å²) < 4.78 is 0. The van der Waals surface area contributed by atoms with E-state index in [-0.39, 0.29) is 0 Å². The third-order valence-electron chi connectivity index (χ3n) is 1.01. The minimum Gasteiger partial charge on any atom is -0.478 e. The van der Waals surface area contributed by atoms with Gasteiger partial charge in [0, 0.05) is 17.2 Å². The maximum atomic E-state index is 10.1. The molecule has 0 atom stereocenters. The second-order valence-corrected chi connectivity index (χ2v) is 3.25. The van der Waals surface area contributed by atoms with Crippen LogP contribution in [0.1, 0.15) is 9.88 Å². The molecular formula is C7H7NO2S. The molecule has 0 saturated heterocycles. The molecule has 1 aromatic heterocycles. The largest absolute Gasteiger partial charge is 0.478 e. The standard InChI is InChI=1S/C7H7NO2S/c1-5-4-8-6(11-5)2-3-7(9)10/h2-4H,1H3,(H,9,10)/b3-2+. The Bertz CT molecular complexity index is 290. The lowest BCUT2D eigenvalue weighted by atomic mass is 10.5. The van der Waals surface area contributed by atoms with Gasteiger partial charge in [-0.15, -0.1) is 11.3 Å². The molecule has 0 spiro atoms. The highest BCUT2D eigenvalue weighted by Gasteiger charge is 1.93. The van der Waals surface area contributed by atoms with Crippen molar-refractivity contribution in [3.05, 3.63) is 22.2 Å². The van der Waals surface area contributed by atoms with Gasteiger partial charge in [-0.25, -0.2) is 9.78 Å². The molecule has 3 nitrogen and oxygen atoms in total. The molecule has 0 radical (unpaired) electrons. The second-order valence-electron chi connectivity index (χ2n) is 1.98. The molecule has 0 bridgehead atoms. The highest BCUT2D eigenvalue weighted by atomic mass is 32.1. The molecule has 1 rings (SSSR count). The van der Waals surface area contributed by atoms with Crippen LogP contribution < -0.4 is 0 Å². The van der Waals surface area contributed by atoms with E-state index in [4.69, 9.17) is 5.11 Å². The Morgan fingerprint density at radius 2 is 2.55 bits per heavy atom. The molecule has 1 aromatic rings. The van der Waals surface area contributed by atoms with E-state index >= 15 is 0 Å². The van der Waals surface area contributed by atoms with Crippen molar-refractivity contribution in [3.63, 3.8) is 0 Å². The maximum Gasteiger partial charge on any atom is 0.328 e. The van der Waals surface area contributed by atoms with Crippen molar-refractivity contribution >= 4 is 23.4 Å². The number of nitrogens with zero attached hydrogens (tertiary/aromatic N) is 1. The monoisotopic (exact) mass is 169 g/mol. The molecule has 1 heterocycles. The number of hydrogen-bond acceptors (Lipinski definition) is 3. The van der Waals surface area contributed by atoms with Crippen molar-refractivity contribution in [2.24, 2.45) is 0 Å². The molecule has 1 N–H and O–H groups in total. The average Bonchev–Trinajstić information content (AvgIpc) is 2.31. The van der Waals surface area contributed by atoms with Gasteiger partial charge in [0.1, 0.15) is 5.01 Å². The lowest BCUT2D eigenvalue weighted by molar-refractivity contribution is -0.131. The smallest absolute Gasteiger partial charge is 0.328 e. The van der Waals surface area contributed by atoms with E-state index in [0.29, 0.717) is 0 Å². The zero-order chi connectivity index (χ0) is 8.27. The van der Waals surface area contributed by atoms with Gasteiger partial charge >= 0.3 is 5.97 Å². The van der Waals surface area contributed by atoms with E-state index in [2.05, 4.69) is 4.98 Å². The summed E-state index contributed by atoms with van der Waals surface area (Å²) in [5, 5.41) is 9.00. The molecule has 0 aliphatic rings. The van der Waals surface area contributed by atoms with Gasteiger partial charge in [-0.05, 0) is 13.0 Å². The lowest BCUT2D eigenvalue weighted by Crippen LogP contribution is -1.84. The predicted octanol–water partition coefficient (Wildman–Crippen LogP) is 1.55. The van der Waals surface area contributed by atoms with Gasteiger partial charge in [-0.1, -0.05) is 0 Å². The molecule has 4 heteroatoms. The van der Waals surface area contributed by atoms with Crippen molar-refractivity contribution in [2.75, 3.05) is 0 Å². The third kappa shape index (κ3) is 2.51. The first kappa shape index (κ1) is 7.94. The first-order valence-corrected chi connectivity index (χ1v) is 3.83. The zero-order valence-corrected chi connectivity index (χ0v) is 6.76. The Hall–Kier alpha value is -1.16. The first-order valence-electron chi connectivity index (χ1n) is 3.02. The Labute approximate surface area is 68.0 Å². The fourth-order valence-corrected chi connectivity index (χ4v) is 1.27. The van der Waals surface area contributed by atoms with Crippen LogP contribution in [-0.2, 0) is 4.79 Å². The lowest BCUT2D eigenvalue weighted by Gasteiger charge is -1.78. The van der Waals surface area contributed by atoms with Gasteiger partial charge in [-0.3, -0.25) is 0 Å². The molecular weight excluding hydrogens is 162 g/mol. The van der Waals surface area contributed by atoms with Gasteiger partial charge in [0.2, 0.25) is 0 Å². The van der Waals surface area contributed by atoms with Crippen LogP contribution >= 0.6 is 11.3 Å². The van der Waals surface area contributed by atoms with Crippen LogP contribution in [0.2, 0.25) is 0 Å². The van der Waals surface area contributed by atoms with E-state index in [0.717, 1.165) is 16.0 Å². The summed E-state index contributed by atoms with van der Waals surface area (Å²) in [7, 11) is 0. The number of carboxylic acid groups (broad SMARTS) is 1. The molecule has 0 aromatic carbocycles. The zero-order valence-electron chi connectivity index (χ0n) is 5.94. The summed E-state index contributed by atoms with van der Waals surface area (Å²) in [6.07, 6.45) is 4.28. The number of carboxylic acids is 1. The molecule has 11 heavy (non-hydrogen) atoms. The number of aliphatic carboxylic acids is 1. The van der Waals surface area contributed by atoms with Crippen LogP contribution in [0.25, 0.3) is 6.08 Å². The van der Waals surface area contributed by atoms with Crippen LogP contribution in [0.4, 0.5) is 0 Å². The van der Waals surface area contributed by atoms with Crippen molar-refractivity contribution in [3.8, 4) is 0 Å². The molecule has 58 valence electrons. The van der Waals surface area contributed by atoms with Gasteiger partial charge in [0.15, 0.2) is 0 Å². The van der Waals surface area contributed by atoms with Gasteiger partial charge in [-0.2, -0.15) is 0 Å². The maximum absolute atomic E-state index is 10.1.